The van der Waals surface area contributed by atoms with Crippen LogP contribution in [0.2, 0.25) is 0 Å². The van der Waals surface area contributed by atoms with Gasteiger partial charge in [0.05, 0.1) is 6.61 Å². The van der Waals surface area contributed by atoms with Gasteiger partial charge in [-0.15, -0.1) is 0 Å². The number of aryl methyl sites for hydroxylation is 1. The molecule has 0 spiro atoms. The fraction of sp³-hybridized carbons (Fsp3) is 0.500. The highest BCUT2D eigenvalue weighted by atomic mass is 16.5. The topological polar surface area (TPSA) is 54.4 Å². The van der Waals surface area contributed by atoms with Crippen LogP contribution < -0.4 is 9.64 Å². The smallest absolute Gasteiger partial charge is 0.228 e. The minimum atomic E-state index is 0.622. The van der Waals surface area contributed by atoms with Gasteiger partial charge in [0.25, 0.3) is 0 Å². The Balaban J connectivity index is 1.53. The van der Waals surface area contributed by atoms with Gasteiger partial charge in [0.1, 0.15) is 0 Å². The van der Waals surface area contributed by atoms with E-state index in [4.69, 9.17) is 4.74 Å². The molecule has 1 fully saturated rings. The molecule has 0 aliphatic carbocycles. The normalized spacial score (nSPS) is 15.5. The summed E-state index contributed by atoms with van der Waals surface area (Å²) >= 11 is 0. The molecule has 1 aliphatic rings. The summed E-state index contributed by atoms with van der Waals surface area (Å²) in [6.45, 7) is 9.55. The van der Waals surface area contributed by atoms with Gasteiger partial charge >= 0.3 is 0 Å². The highest BCUT2D eigenvalue weighted by Crippen LogP contribution is 2.17. The molecule has 0 saturated carbocycles. The van der Waals surface area contributed by atoms with Gasteiger partial charge in [-0.25, -0.2) is 4.98 Å². The Hall–Kier alpha value is -2.21. The first-order valence-corrected chi connectivity index (χ1v) is 8.60. The zero-order valence-corrected chi connectivity index (χ0v) is 14.5. The molecule has 3 rings (SSSR count). The molecule has 0 amide bonds. The van der Waals surface area contributed by atoms with Crippen molar-refractivity contribution in [3.63, 3.8) is 0 Å². The van der Waals surface area contributed by atoms with Crippen molar-refractivity contribution in [1.29, 1.82) is 0 Å². The first-order chi connectivity index (χ1) is 11.7. The fourth-order valence-electron chi connectivity index (χ4n) is 2.88. The zero-order valence-electron chi connectivity index (χ0n) is 14.5. The lowest BCUT2D eigenvalue weighted by atomic mass is 10.2. The van der Waals surface area contributed by atoms with Crippen LogP contribution in [0.1, 0.15) is 18.3 Å². The van der Waals surface area contributed by atoms with E-state index in [0.29, 0.717) is 12.5 Å². The quantitative estimate of drug-likeness (QED) is 0.808. The maximum atomic E-state index is 5.53. The highest BCUT2D eigenvalue weighted by molar-refractivity contribution is 5.35. The van der Waals surface area contributed by atoms with Crippen molar-refractivity contribution >= 4 is 5.95 Å². The van der Waals surface area contributed by atoms with E-state index in [9.17, 15) is 0 Å². The Bertz CT molecular complexity index is 641. The second kappa shape index (κ2) is 8.06. The van der Waals surface area contributed by atoms with Crippen molar-refractivity contribution in [3.05, 3.63) is 41.9 Å². The van der Waals surface area contributed by atoms with E-state index >= 15 is 0 Å². The van der Waals surface area contributed by atoms with Crippen LogP contribution in [0.15, 0.2) is 30.5 Å². The summed E-state index contributed by atoms with van der Waals surface area (Å²) in [6.07, 6.45) is 2.86. The van der Waals surface area contributed by atoms with E-state index < -0.39 is 0 Å². The van der Waals surface area contributed by atoms with Crippen molar-refractivity contribution in [2.75, 3.05) is 44.2 Å². The summed E-state index contributed by atoms with van der Waals surface area (Å²) in [6, 6.07) is 7.98. The number of piperazine rings is 1. The van der Waals surface area contributed by atoms with Gasteiger partial charge in [-0.05, 0) is 26.0 Å². The molecule has 6 nitrogen and oxygen atoms in total. The van der Waals surface area contributed by atoms with Gasteiger partial charge in [0.15, 0.2) is 0 Å². The summed E-state index contributed by atoms with van der Waals surface area (Å²) in [5.41, 5.74) is 2.10. The third kappa shape index (κ3) is 4.41. The van der Waals surface area contributed by atoms with E-state index in [1.165, 1.54) is 0 Å². The van der Waals surface area contributed by atoms with Crippen LogP contribution in [0.25, 0.3) is 0 Å². The van der Waals surface area contributed by atoms with Crippen LogP contribution >= 0.6 is 0 Å². The molecule has 1 aliphatic heterocycles. The van der Waals surface area contributed by atoms with Crippen molar-refractivity contribution in [1.82, 2.24) is 19.9 Å². The third-order valence-corrected chi connectivity index (χ3v) is 4.18. The van der Waals surface area contributed by atoms with E-state index in [0.717, 1.165) is 56.5 Å². The first-order valence-electron chi connectivity index (χ1n) is 8.60. The molecule has 0 atom stereocenters. The Labute approximate surface area is 143 Å². The van der Waals surface area contributed by atoms with Gasteiger partial charge in [0, 0.05) is 62.8 Å². The lowest BCUT2D eigenvalue weighted by molar-refractivity contribution is 0.258. The number of nitrogens with zero attached hydrogens (tertiary/aromatic N) is 5. The molecule has 1 saturated heterocycles. The summed E-state index contributed by atoms with van der Waals surface area (Å²) in [7, 11) is 0. The molecular weight excluding hydrogens is 302 g/mol. The van der Waals surface area contributed by atoms with Crippen LogP contribution in [-0.4, -0.2) is 59.2 Å². The molecular formula is C18H25N5O. The third-order valence-electron chi connectivity index (χ3n) is 4.18. The first kappa shape index (κ1) is 16.6. The average Bonchev–Trinajstić information content (AvgIpc) is 2.61. The molecule has 0 unspecified atom stereocenters. The lowest BCUT2D eigenvalue weighted by Crippen LogP contribution is -2.47. The molecule has 2 aromatic heterocycles. The predicted molar refractivity (Wildman–Crippen MR) is 94.5 cm³/mol. The summed E-state index contributed by atoms with van der Waals surface area (Å²) in [5, 5.41) is 0. The maximum Gasteiger partial charge on any atom is 0.228 e. The van der Waals surface area contributed by atoms with Crippen LogP contribution in [-0.2, 0) is 6.42 Å². The molecule has 0 bridgehead atoms. The number of anilines is 1. The van der Waals surface area contributed by atoms with E-state index in [-0.39, 0.29) is 0 Å². The molecule has 3 heterocycles. The highest BCUT2D eigenvalue weighted by Gasteiger charge is 2.19. The van der Waals surface area contributed by atoms with E-state index in [2.05, 4.69) is 30.8 Å². The number of hydrogen-bond acceptors (Lipinski definition) is 6. The van der Waals surface area contributed by atoms with Crippen molar-refractivity contribution in [2.24, 2.45) is 0 Å². The van der Waals surface area contributed by atoms with Crippen LogP contribution in [0.4, 0.5) is 5.95 Å². The minimum absolute atomic E-state index is 0.622. The van der Waals surface area contributed by atoms with Gasteiger partial charge in [-0.3, -0.25) is 9.88 Å². The largest absolute Gasteiger partial charge is 0.478 e. The Morgan fingerprint density at radius 2 is 1.96 bits per heavy atom. The molecule has 6 heteroatoms. The number of hydrogen-bond donors (Lipinski definition) is 0. The summed E-state index contributed by atoms with van der Waals surface area (Å²) in [4.78, 5) is 18.2. The van der Waals surface area contributed by atoms with E-state index in [1.807, 2.05) is 38.2 Å². The second-order valence-electron chi connectivity index (χ2n) is 5.98. The van der Waals surface area contributed by atoms with Crippen molar-refractivity contribution < 1.29 is 4.74 Å². The number of rotatable bonds is 6. The standard InChI is InChI=1S/C18H25N5O/c1-3-24-17-14-15(2)20-18(21-17)23-12-10-22(11-13-23)9-7-16-6-4-5-8-19-16/h4-6,8,14H,3,7,9-13H2,1-2H3. The number of aromatic nitrogens is 3. The fourth-order valence-corrected chi connectivity index (χ4v) is 2.88. The SMILES string of the molecule is CCOc1cc(C)nc(N2CCN(CCc3ccccn3)CC2)n1. The zero-order chi connectivity index (χ0) is 16.8. The van der Waals surface area contributed by atoms with Gasteiger partial charge in [0.2, 0.25) is 11.8 Å². The maximum absolute atomic E-state index is 5.53. The Morgan fingerprint density at radius 3 is 2.67 bits per heavy atom. The van der Waals surface area contributed by atoms with Crippen LogP contribution in [0.3, 0.4) is 0 Å². The molecule has 2 aromatic rings. The molecule has 0 radical (unpaired) electrons. The molecule has 24 heavy (non-hydrogen) atoms. The van der Waals surface area contributed by atoms with Crippen molar-refractivity contribution in [2.45, 2.75) is 20.3 Å². The molecule has 0 N–H and O–H groups in total. The van der Waals surface area contributed by atoms with Crippen LogP contribution in [0, 0.1) is 6.92 Å². The number of pyridine rings is 1. The van der Waals surface area contributed by atoms with Gasteiger partial charge < -0.3 is 9.64 Å². The Morgan fingerprint density at radius 1 is 1.12 bits per heavy atom. The lowest BCUT2D eigenvalue weighted by Gasteiger charge is -2.34. The monoisotopic (exact) mass is 327 g/mol. The van der Waals surface area contributed by atoms with Gasteiger partial charge in [-0.2, -0.15) is 4.98 Å². The number of ether oxygens (including phenoxy) is 1. The molecule has 0 aromatic carbocycles. The second-order valence-corrected chi connectivity index (χ2v) is 5.98. The van der Waals surface area contributed by atoms with Crippen LogP contribution in [0.5, 0.6) is 5.88 Å². The van der Waals surface area contributed by atoms with Crippen molar-refractivity contribution in [3.8, 4) is 5.88 Å². The van der Waals surface area contributed by atoms with E-state index in [1.54, 1.807) is 0 Å². The predicted octanol–water partition coefficient (Wildman–Crippen LogP) is 1.94. The Kier molecular flexibility index (Phi) is 5.59. The summed E-state index contributed by atoms with van der Waals surface area (Å²) in [5.74, 6) is 1.44. The summed E-state index contributed by atoms with van der Waals surface area (Å²) < 4.78 is 5.53. The van der Waals surface area contributed by atoms with Gasteiger partial charge in [-0.1, -0.05) is 6.07 Å². The minimum Gasteiger partial charge on any atom is -0.478 e. The molecule has 128 valence electrons. The average molecular weight is 327 g/mol.